The Balaban J connectivity index is 1.83. The minimum atomic E-state index is -0.819. The van der Waals surface area contributed by atoms with Gasteiger partial charge in [-0.3, -0.25) is 0 Å². The molecule has 0 heterocycles. The molecule has 0 saturated heterocycles. The molecule has 0 unspecified atom stereocenters. The molecule has 33 heavy (non-hydrogen) atoms. The van der Waals surface area contributed by atoms with E-state index in [1.807, 2.05) is 78.9 Å². The van der Waals surface area contributed by atoms with Gasteiger partial charge in [-0.1, -0.05) is 104 Å². The van der Waals surface area contributed by atoms with E-state index in [1.54, 1.807) is 0 Å². The van der Waals surface area contributed by atoms with Gasteiger partial charge in [0.15, 0.2) is 0 Å². The third-order valence-corrected chi connectivity index (χ3v) is 6.29. The summed E-state index contributed by atoms with van der Waals surface area (Å²) < 4.78 is 6.62. The molecular formula is C30H31NO2. The minimum Gasteiger partial charge on any atom is -0.450 e. The quantitative estimate of drug-likeness (QED) is 0.302. The Labute approximate surface area is 196 Å². The van der Waals surface area contributed by atoms with E-state index in [2.05, 4.69) is 50.2 Å². The molecule has 0 bridgehead atoms. The van der Waals surface area contributed by atoms with Crippen molar-refractivity contribution in [3.63, 3.8) is 0 Å². The molecule has 0 fully saturated rings. The second kappa shape index (κ2) is 10.0. The molecule has 2 atom stereocenters. The number of carbonyl (C=O) groups excluding carboxylic acids is 1. The highest BCUT2D eigenvalue weighted by Crippen LogP contribution is 2.39. The molecule has 0 aliphatic rings. The van der Waals surface area contributed by atoms with Gasteiger partial charge in [0.2, 0.25) is 0 Å². The van der Waals surface area contributed by atoms with Gasteiger partial charge in [-0.2, -0.15) is 0 Å². The van der Waals surface area contributed by atoms with Crippen molar-refractivity contribution in [3.05, 3.63) is 120 Å². The molecule has 4 aromatic carbocycles. The average Bonchev–Trinajstić information content (AvgIpc) is 2.84. The molecule has 0 N–H and O–H groups in total. The first-order valence-corrected chi connectivity index (χ1v) is 11.4. The van der Waals surface area contributed by atoms with Crippen LogP contribution < -0.4 is 0 Å². The maximum absolute atomic E-state index is 13.8. The number of ether oxygens (including phenoxy) is 1. The molecule has 0 amide bonds. The van der Waals surface area contributed by atoms with Crippen molar-refractivity contribution in [1.82, 2.24) is 4.90 Å². The van der Waals surface area contributed by atoms with E-state index in [0.29, 0.717) is 12.0 Å². The molecule has 0 aromatic heterocycles. The van der Waals surface area contributed by atoms with Crippen LogP contribution in [0.15, 0.2) is 103 Å². The van der Waals surface area contributed by atoms with Crippen molar-refractivity contribution < 1.29 is 9.53 Å². The lowest BCUT2D eigenvalue weighted by Gasteiger charge is -2.40. The van der Waals surface area contributed by atoms with Gasteiger partial charge in [0.25, 0.3) is 0 Å². The first-order chi connectivity index (χ1) is 16.0. The molecule has 4 aromatic rings. The zero-order valence-corrected chi connectivity index (χ0v) is 19.6. The van der Waals surface area contributed by atoms with E-state index in [-0.39, 0.29) is 11.9 Å². The molecule has 0 radical (unpaired) electrons. The summed E-state index contributed by atoms with van der Waals surface area (Å²) in [6, 6.07) is 34.2. The number of hydrogen-bond donors (Lipinski definition) is 0. The number of benzene rings is 4. The lowest BCUT2D eigenvalue weighted by Crippen LogP contribution is -2.45. The Kier molecular flexibility index (Phi) is 6.90. The van der Waals surface area contributed by atoms with Crippen LogP contribution in [-0.4, -0.2) is 31.5 Å². The second-order valence-corrected chi connectivity index (χ2v) is 9.00. The highest BCUT2D eigenvalue weighted by molar-refractivity contribution is 6.04. The number of hydrogen-bond acceptors (Lipinski definition) is 3. The summed E-state index contributed by atoms with van der Waals surface area (Å²) in [5.74, 6) is -0.244. The lowest BCUT2D eigenvalue weighted by atomic mass is 9.77. The maximum atomic E-state index is 13.8. The fourth-order valence-corrected chi connectivity index (χ4v) is 4.69. The molecule has 4 rings (SSSR count). The number of rotatable bonds is 8. The zero-order valence-electron chi connectivity index (χ0n) is 19.6. The Morgan fingerprint density at radius 2 is 1.42 bits per heavy atom. The topological polar surface area (TPSA) is 29.5 Å². The van der Waals surface area contributed by atoms with Gasteiger partial charge in [0, 0.05) is 18.9 Å². The van der Waals surface area contributed by atoms with Crippen molar-refractivity contribution in [3.8, 4) is 0 Å². The van der Waals surface area contributed by atoms with Gasteiger partial charge in [-0.25, -0.2) is 4.79 Å². The van der Waals surface area contributed by atoms with Crippen LogP contribution in [0.2, 0.25) is 0 Å². The molecular weight excluding hydrogens is 406 g/mol. The van der Waals surface area contributed by atoms with Crippen molar-refractivity contribution in [2.45, 2.75) is 18.9 Å². The smallest absolute Gasteiger partial charge is 0.339 e. The normalized spacial score (nSPS) is 14.1. The summed E-state index contributed by atoms with van der Waals surface area (Å²) >= 11 is 0. The lowest BCUT2D eigenvalue weighted by molar-refractivity contribution is -0.0571. The molecule has 0 spiro atoms. The maximum Gasteiger partial charge on any atom is 0.339 e. The van der Waals surface area contributed by atoms with Crippen molar-refractivity contribution in [2.24, 2.45) is 5.92 Å². The fraction of sp³-hybridized carbons (Fsp3) is 0.233. The third-order valence-electron chi connectivity index (χ3n) is 6.29. The Morgan fingerprint density at radius 1 is 0.818 bits per heavy atom. The van der Waals surface area contributed by atoms with Crippen LogP contribution in [-0.2, 0) is 16.8 Å². The number of carbonyl (C=O) groups is 1. The van der Waals surface area contributed by atoms with Gasteiger partial charge in [0.05, 0.1) is 5.56 Å². The van der Waals surface area contributed by atoms with Gasteiger partial charge < -0.3 is 9.64 Å². The standard InChI is InChI=1S/C30H31NO2/c1-23(22-31(2)3)30(26-17-8-5-9-18-26,21-24-13-6-4-7-14-24)33-29(32)28-20-12-16-25-15-10-11-19-27(25)28/h4-20,23H,21-22H2,1-3H3/t23-,30+/m0/s1. The highest BCUT2D eigenvalue weighted by atomic mass is 16.6. The monoisotopic (exact) mass is 437 g/mol. The van der Waals surface area contributed by atoms with Crippen LogP contribution in [0.5, 0.6) is 0 Å². The van der Waals surface area contributed by atoms with Gasteiger partial charge in [-0.15, -0.1) is 0 Å². The molecule has 168 valence electrons. The highest BCUT2D eigenvalue weighted by Gasteiger charge is 2.42. The van der Waals surface area contributed by atoms with E-state index in [0.717, 1.165) is 28.4 Å². The summed E-state index contributed by atoms with van der Waals surface area (Å²) in [5.41, 5.74) is 1.92. The molecule has 3 heteroatoms. The zero-order chi connectivity index (χ0) is 23.3. The molecule has 0 aliphatic heterocycles. The summed E-state index contributed by atoms with van der Waals surface area (Å²) in [6.45, 7) is 2.96. The van der Waals surface area contributed by atoms with Crippen LogP contribution in [0.4, 0.5) is 0 Å². The minimum absolute atomic E-state index is 0.0500. The summed E-state index contributed by atoms with van der Waals surface area (Å²) in [5, 5.41) is 1.94. The van der Waals surface area contributed by atoms with E-state index in [1.165, 1.54) is 0 Å². The SMILES string of the molecule is C[C@@H](CN(C)C)[C@@](Cc1ccccc1)(OC(=O)c1cccc2ccccc12)c1ccccc1. The van der Waals surface area contributed by atoms with Crippen LogP contribution in [0, 0.1) is 5.92 Å². The van der Waals surface area contributed by atoms with Gasteiger partial charge in [0.1, 0.15) is 5.60 Å². The second-order valence-electron chi connectivity index (χ2n) is 9.00. The average molecular weight is 438 g/mol. The first-order valence-electron chi connectivity index (χ1n) is 11.4. The van der Waals surface area contributed by atoms with Gasteiger partial charge in [-0.05, 0) is 42.1 Å². The predicted molar refractivity (Wildman–Crippen MR) is 135 cm³/mol. The van der Waals surface area contributed by atoms with Crippen molar-refractivity contribution in [2.75, 3.05) is 20.6 Å². The Bertz CT molecular complexity index is 1200. The van der Waals surface area contributed by atoms with Crippen molar-refractivity contribution in [1.29, 1.82) is 0 Å². The number of nitrogens with zero attached hydrogens (tertiary/aromatic N) is 1. The Morgan fingerprint density at radius 3 is 2.12 bits per heavy atom. The summed E-state index contributed by atoms with van der Waals surface area (Å²) in [6.07, 6.45) is 0.601. The predicted octanol–water partition coefficient (Wildman–Crippen LogP) is 6.33. The van der Waals surface area contributed by atoms with Crippen LogP contribution in [0.1, 0.15) is 28.4 Å². The summed E-state index contributed by atoms with van der Waals surface area (Å²) in [4.78, 5) is 15.9. The number of esters is 1. The van der Waals surface area contributed by atoms with E-state index in [9.17, 15) is 4.79 Å². The molecule has 3 nitrogen and oxygen atoms in total. The van der Waals surface area contributed by atoms with Crippen molar-refractivity contribution >= 4 is 16.7 Å². The van der Waals surface area contributed by atoms with E-state index in [4.69, 9.17) is 4.74 Å². The Hall–Kier alpha value is -3.43. The molecule has 0 aliphatic carbocycles. The van der Waals surface area contributed by atoms with Crippen LogP contribution >= 0.6 is 0 Å². The first kappa shape index (κ1) is 22.8. The van der Waals surface area contributed by atoms with Gasteiger partial charge >= 0.3 is 5.97 Å². The van der Waals surface area contributed by atoms with E-state index < -0.39 is 5.60 Å². The van der Waals surface area contributed by atoms with Crippen LogP contribution in [0.3, 0.4) is 0 Å². The third kappa shape index (κ3) is 4.99. The molecule has 0 saturated carbocycles. The largest absolute Gasteiger partial charge is 0.450 e. The summed E-state index contributed by atoms with van der Waals surface area (Å²) in [7, 11) is 4.11. The van der Waals surface area contributed by atoms with Crippen LogP contribution in [0.25, 0.3) is 10.8 Å². The van der Waals surface area contributed by atoms with E-state index >= 15 is 0 Å². The number of fused-ring (bicyclic) bond motifs is 1. The fourth-order valence-electron chi connectivity index (χ4n) is 4.69.